The summed E-state index contributed by atoms with van der Waals surface area (Å²) in [6.45, 7) is 6.67. The van der Waals surface area contributed by atoms with Crippen molar-refractivity contribution in [2.24, 2.45) is 0 Å². The van der Waals surface area contributed by atoms with Gasteiger partial charge in [0, 0.05) is 40.8 Å². The number of amides is 1. The molecule has 1 aromatic carbocycles. The summed E-state index contributed by atoms with van der Waals surface area (Å²) in [4.78, 5) is 17.0. The average Bonchev–Trinajstić information content (AvgIpc) is 3.42. The lowest BCUT2D eigenvalue weighted by Gasteiger charge is -2.09. The molecule has 0 unspecified atom stereocenters. The molecule has 1 N–H and O–H groups in total. The van der Waals surface area contributed by atoms with Crippen LogP contribution < -0.4 is 5.32 Å². The zero-order valence-corrected chi connectivity index (χ0v) is 17.1. The third-order valence-corrected chi connectivity index (χ3v) is 5.49. The van der Waals surface area contributed by atoms with E-state index in [4.69, 9.17) is 0 Å². The molecule has 4 rings (SSSR count). The van der Waals surface area contributed by atoms with Crippen molar-refractivity contribution in [3.05, 3.63) is 70.9 Å². The van der Waals surface area contributed by atoms with Crippen molar-refractivity contribution in [3.63, 3.8) is 0 Å². The fourth-order valence-electron chi connectivity index (χ4n) is 3.29. The van der Waals surface area contributed by atoms with Crippen LogP contribution >= 0.6 is 11.3 Å². The first-order valence-corrected chi connectivity index (χ1v) is 10.1. The molecule has 0 saturated heterocycles. The van der Waals surface area contributed by atoms with E-state index in [0.29, 0.717) is 17.2 Å². The largest absolute Gasteiger partial charge is 0.318 e. The minimum Gasteiger partial charge on any atom is -0.318 e. The lowest BCUT2D eigenvalue weighted by molar-refractivity contribution is 0.102. The number of hydrogen-bond donors (Lipinski definition) is 1. The van der Waals surface area contributed by atoms with Gasteiger partial charge in [0.1, 0.15) is 5.82 Å². The number of rotatable bonds is 5. The lowest BCUT2D eigenvalue weighted by atomic mass is 10.2. The Balaban J connectivity index is 1.59. The molecule has 0 aliphatic heterocycles. The Morgan fingerprint density at radius 1 is 1.24 bits per heavy atom. The number of anilines is 1. The van der Waals surface area contributed by atoms with Crippen LogP contribution in [0.1, 0.15) is 28.7 Å². The smallest absolute Gasteiger partial charge is 0.260 e. The number of benzene rings is 1. The Bertz CT molecular complexity index is 1170. The predicted molar refractivity (Wildman–Crippen MR) is 112 cm³/mol. The van der Waals surface area contributed by atoms with Gasteiger partial charge in [-0.15, -0.1) is 11.3 Å². The molecule has 0 aliphatic carbocycles. The van der Waals surface area contributed by atoms with Gasteiger partial charge >= 0.3 is 0 Å². The molecule has 0 radical (unpaired) electrons. The van der Waals surface area contributed by atoms with Crippen molar-refractivity contribution >= 4 is 22.4 Å². The van der Waals surface area contributed by atoms with Crippen LogP contribution in [-0.4, -0.2) is 25.2 Å². The molecule has 0 spiro atoms. The van der Waals surface area contributed by atoms with Gasteiger partial charge in [0.15, 0.2) is 5.13 Å². The highest BCUT2D eigenvalue weighted by Gasteiger charge is 2.16. The van der Waals surface area contributed by atoms with Crippen LogP contribution in [0.3, 0.4) is 0 Å². The van der Waals surface area contributed by atoms with E-state index < -0.39 is 0 Å². The molecule has 148 valence electrons. The fraction of sp³-hybridized carbons (Fsp3) is 0.190. The van der Waals surface area contributed by atoms with E-state index in [2.05, 4.69) is 20.0 Å². The zero-order chi connectivity index (χ0) is 20.5. The molecule has 0 bridgehead atoms. The van der Waals surface area contributed by atoms with Gasteiger partial charge < -0.3 is 4.57 Å². The van der Waals surface area contributed by atoms with E-state index in [1.54, 1.807) is 29.2 Å². The van der Waals surface area contributed by atoms with Crippen LogP contribution in [0.5, 0.6) is 0 Å². The van der Waals surface area contributed by atoms with Gasteiger partial charge in [-0.25, -0.2) is 9.37 Å². The number of carbonyl (C=O) groups is 1. The first-order valence-electron chi connectivity index (χ1n) is 9.21. The molecule has 8 heteroatoms. The number of carbonyl (C=O) groups excluding carboxylic acids is 1. The third kappa shape index (κ3) is 3.71. The molecule has 6 nitrogen and oxygen atoms in total. The van der Waals surface area contributed by atoms with Crippen molar-refractivity contribution in [2.45, 2.75) is 27.3 Å². The normalized spacial score (nSPS) is 11.0. The molecule has 0 atom stereocenters. The average molecular weight is 409 g/mol. The van der Waals surface area contributed by atoms with Gasteiger partial charge in [-0.2, -0.15) is 5.10 Å². The second-order valence-corrected chi connectivity index (χ2v) is 7.53. The van der Waals surface area contributed by atoms with Crippen LogP contribution in [0.15, 0.2) is 48.1 Å². The summed E-state index contributed by atoms with van der Waals surface area (Å²) in [5.41, 5.74) is 5.18. The first kappa shape index (κ1) is 19.1. The molecule has 4 aromatic rings. The number of aromatic nitrogens is 4. The summed E-state index contributed by atoms with van der Waals surface area (Å²) in [6.07, 6.45) is 3.25. The lowest BCUT2D eigenvalue weighted by Crippen LogP contribution is -2.10. The Morgan fingerprint density at radius 3 is 2.69 bits per heavy atom. The Morgan fingerprint density at radius 2 is 2.00 bits per heavy atom. The minimum atomic E-state index is -0.263. The van der Waals surface area contributed by atoms with E-state index in [0.717, 1.165) is 28.3 Å². The van der Waals surface area contributed by atoms with Crippen molar-refractivity contribution in [1.29, 1.82) is 0 Å². The maximum atomic E-state index is 13.3. The van der Waals surface area contributed by atoms with Gasteiger partial charge in [0.2, 0.25) is 0 Å². The topological polar surface area (TPSA) is 64.7 Å². The summed E-state index contributed by atoms with van der Waals surface area (Å²) in [5, 5.41) is 9.40. The highest BCUT2D eigenvalue weighted by Crippen LogP contribution is 2.31. The van der Waals surface area contributed by atoms with Crippen molar-refractivity contribution in [1.82, 2.24) is 19.3 Å². The van der Waals surface area contributed by atoms with Crippen LogP contribution in [0.2, 0.25) is 0 Å². The van der Waals surface area contributed by atoms with E-state index in [1.165, 1.54) is 23.5 Å². The molecule has 1 amide bonds. The summed E-state index contributed by atoms with van der Waals surface area (Å²) in [7, 11) is 0. The summed E-state index contributed by atoms with van der Waals surface area (Å²) in [6, 6.07) is 8.45. The number of nitrogens with zero attached hydrogens (tertiary/aromatic N) is 4. The monoisotopic (exact) mass is 409 g/mol. The molecular formula is C21H20FN5OS. The van der Waals surface area contributed by atoms with E-state index in [9.17, 15) is 9.18 Å². The maximum Gasteiger partial charge on any atom is 0.260 e. The van der Waals surface area contributed by atoms with Gasteiger partial charge in [0.05, 0.1) is 17.5 Å². The molecule has 29 heavy (non-hydrogen) atoms. The van der Waals surface area contributed by atoms with Crippen LogP contribution in [0.4, 0.5) is 9.52 Å². The number of nitrogens with one attached hydrogen (secondary N) is 1. The third-order valence-electron chi connectivity index (χ3n) is 4.74. The first-order chi connectivity index (χ1) is 14.0. The molecule has 0 fully saturated rings. The summed E-state index contributed by atoms with van der Waals surface area (Å²) >= 11 is 1.37. The van der Waals surface area contributed by atoms with Crippen LogP contribution in [0.25, 0.3) is 16.9 Å². The van der Waals surface area contributed by atoms with Crippen LogP contribution in [-0.2, 0) is 6.54 Å². The quantitative estimate of drug-likeness (QED) is 0.514. The SMILES string of the molecule is CCn1cc(C(=O)Nc2nc(-c3cc(C)n(-c4ccc(F)cc4)c3C)cs2)cn1. The van der Waals surface area contributed by atoms with Gasteiger partial charge in [-0.05, 0) is 51.1 Å². The van der Waals surface area contributed by atoms with Gasteiger partial charge in [-0.3, -0.25) is 14.8 Å². The van der Waals surface area contributed by atoms with Gasteiger partial charge in [-0.1, -0.05) is 0 Å². The van der Waals surface area contributed by atoms with Crippen LogP contribution in [0, 0.1) is 19.7 Å². The second kappa shape index (κ2) is 7.63. The predicted octanol–water partition coefficient (Wildman–Crippen LogP) is 4.83. The number of hydrogen-bond acceptors (Lipinski definition) is 4. The number of aryl methyl sites for hydroxylation is 2. The molecule has 0 aliphatic rings. The molecule has 0 saturated carbocycles. The molecular weight excluding hydrogens is 389 g/mol. The second-order valence-electron chi connectivity index (χ2n) is 6.67. The Hall–Kier alpha value is -3.26. The van der Waals surface area contributed by atoms with Crippen molar-refractivity contribution < 1.29 is 9.18 Å². The van der Waals surface area contributed by atoms with Crippen molar-refractivity contribution in [2.75, 3.05) is 5.32 Å². The summed E-state index contributed by atoms with van der Waals surface area (Å²) in [5.74, 6) is -0.497. The number of thiazole rings is 1. The molecule has 3 heterocycles. The van der Waals surface area contributed by atoms with E-state index in [1.807, 2.05) is 32.2 Å². The minimum absolute atomic E-state index is 0.234. The van der Waals surface area contributed by atoms with Crippen molar-refractivity contribution in [3.8, 4) is 16.9 Å². The number of halogens is 1. The van der Waals surface area contributed by atoms with E-state index in [-0.39, 0.29) is 11.7 Å². The fourth-order valence-corrected chi connectivity index (χ4v) is 3.99. The standard InChI is InChI=1S/C21H20FN5OS/c1-4-26-11-15(10-23-26)20(28)25-21-24-19(12-29-21)18-9-13(2)27(14(18)3)17-7-5-16(22)6-8-17/h5-12H,4H2,1-3H3,(H,24,25,28). The van der Waals surface area contributed by atoms with E-state index >= 15 is 0 Å². The molecule has 3 aromatic heterocycles. The highest BCUT2D eigenvalue weighted by atomic mass is 32.1. The Kier molecular flexibility index (Phi) is 5.02. The van der Waals surface area contributed by atoms with Gasteiger partial charge in [0.25, 0.3) is 5.91 Å². The maximum absolute atomic E-state index is 13.3. The zero-order valence-electron chi connectivity index (χ0n) is 16.3. The highest BCUT2D eigenvalue weighted by molar-refractivity contribution is 7.14. The Labute approximate surface area is 171 Å². The summed E-state index contributed by atoms with van der Waals surface area (Å²) < 4.78 is 17.0.